The Labute approximate surface area is 233 Å². The summed E-state index contributed by atoms with van der Waals surface area (Å²) in [6, 6.07) is 9.41. The normalized spacial score (nSPS) is 14.4. The number of aromatic nitrogens is 4. The second-order valence-corrected chi connectivity index (χ2v) is 10.7. The molecule has 0 saturated heterocycles. The van der Waals surface area contributed by atoms with Crippen molar-refractivity contribution in [2.45, 2.75) is 32.8 Å². The van der Waals surface area contributed by atoms with E-state index in [4.69, 9.17) is 26.1 Å². The maximum atomic E-state index is 12.1. The van der Waals surface area contributed by atoms with Crippen LogP contribution in [-0.2, 0) is 12.8 Å². The highest BCUT2D eigenvalue weighted by Gasteiger charge is 2.31. The second kappa shape index (κ2) is 9.94. The van der Waals surface area contributed by atoms with Crippen molar-refractivity contribution in [1.29, 1.82) is 0 Å². The van der Waals surface area contributed by atoms with E-state index < -0.39 is 6.09 Å². The third-order valence-electron chi connectivity index (χ3n) is 6.76. The van der Waals surface area contributed by atoms with Crippen LogP contribution in [0.2, 0.25) is 5.02 Å². The van der Waals surface area contributed by atoms with Gasteiger partial charge in [-0.15, -0.1) is 11.3 Å². The van der Waals surface area contributed by atoms with E-state index in [1.165, 1.54) is 16.2 Å². The van der Waals surface area contributed by atoms with E-state index in [0.717, 1.165) is 49.5 Å². The molecule has 9 nitrogen and oxygen atoms in total. The van der Waals surface area contributed by atoms with E-state index in [2.05, 4.69) is 27.9 Å². The van der Waals surface area contributed by atoms with Crippen LogP contribution >= 0.6 is 22.9 Å². The number of amides is 1. The molecule has 1 N–H and O–H groups in total. The van der Waals surface area contributed by atoms with Crippen LogP contribution in [0.4, 0.5) is 10.5 Å². The Morgan fingerprint density at radius 3 is 2.77 bits per heavy atom. The van der Waals surface area contributed by atoms with Crippen LogP contribution in [0.5, 0.6) is 11.6 Å². The van der Waals surface area contributed by atoms with Crippen LogP contribution in [0.1, 0.15) is 23.7 Å². The van der Waals surface area contributed by atoms with E-state index >= 15 is 0 Å². The van der Waals surface area contributed by atoms with Gasteiger partial charge in [-0.05, 0) is 43.2 Å². The lowest BCUT2D eigenvalue weighted by molar-refractivity contribution is 0.191. The van der Waals surface area contributed by atoms with Crippen LogP contribution in [0.15, 0.2) is 42.7 Å². The third kappa shape index (κ3) is 4.59. The Kier molecular flexibility index (Phi) is 6.44. The Bertz CT molecular complexity index is 1740. The fourth-order valence-corrected chi connectivity index (χ4v) is 6.23. The number of ether oxygens (including phenoxy) is 2. The van der Waals surface area contributed by atoms with E-state index in [1.807, 2.05) is 13.0 Å². The number of benzene rings is 2. The third-order valence-corrected chi connectivity index (χ3v) is 8.20. The van der Waals surface area contributed by atoms with Gasteiger partial charge in [0.25, 0.3) is 0 Å². The Balaban J connectivity index is 1.38. The Morgan fingerprint density at radius 1 is 1.21 bits per heavy atom. The highest BCUT2D eigenvalue weighted by Crippen LogP contribution is 2.45. The minimum Gasteiger partial charge on any atom is -0.488 e. The van der Waals surface area contributed by atoms with Gasteiger partial charge in [-0.25, -0.2) is 19.7 Å². The van der Waals surface area contributed by atoms with Gasteiger partial charge in [0.15, 0.2) is 0 Å². The molecule has 0 radical (unpaired) electrons. The summed E-state index contributed by atoms with van der Waals surface area (Å²) >= 11 is 8.20. The highest BCUT2D eigenvalue weighted by molar-refractivity contribution is 7.22. The molecule has 39 heavy (non-hydrogen) atoms. The molecule has 0 unspecified atom stereocenters. The molecule has 1 aliphatic rings. The molecule has 0 spiro atoms. The van der Waals surface area contributed by atoms with E-state index in [9.17, 15) is 9.90 Å². The van der Waals surface area contributed by atoms with Crippen molar-refractivity contribution in [2.75, 3.05) is 18.6 Å². The number of anilines is 1. The van der Waals surface area contributed by atoms with E-state index in [0.29, 0.717) is 34.3 Å². The molecule has 0 saturated carbocycles. The topological polar surface area (TPSA) is 111 Å². The van der Waals surface area contributed by atoms with Gasteiger partial charge in [-0.1, -0.05) is 18.5 Å². The van der Waals surface area contributed by atoms with Crippen LogP contribution in [0.3, 0.4) is 0 Å². The van der Waals surface area contributed by atoms with Crippen molar-refractivity contribution in [3.63, 3.8) is 0 Å². The summed E-state index contributed by atoms with van der Waals surface area (Å²) in [4.78, 5) is 31.7. The summed E-state index contributed by atoms with van der Waals surface area (Å²) < 4.78 is 12.4. The van der Waals surface area contributed by atoms with Crippen molar-refractivity contribution in [2.24, 2.45) is 0 Å². The molecule has 11 heteroatoms. The van der Waals surface area contributed by atoms with Gasteiger partial charge in [0.2, 0.25) is 5.88 Å². The van der Waals surface area contributed by atoms with Gasteiger partial charge in [0.1, 0.15) is 22.4 Å². The number of fused-ring (bicyclic) bond motifs is 4. The van der Waals surface area contributed by atoms with E-state index in [1.54, 1.807) is 37.7 Å². The maximum Gasteiger partial charge on any atom is 0.411 e. The summed E-state index contributed by atoms with van der Waals surface area (Å²) in [6.07, 6.45) is 3.07. The van der Waals surface area contributed by atoms with Gasteiger partial charge in [-0.3, -0.25) is 9.88 Å². The van der Waals surface area contributed by atoms with Gasteiger partial charge in [0, 0.05) is 29.3 Å². The number of thiazole rings is 1. The fraction of sp³-hybridized carbons (Fsp3) is 0.250. The molecule has 4 heterocycles. The maximum absolute atomic E-state index is 12.1. The van der Waals surface area contributed by atoms with Crippen molar-refractivity contribution in [1.82, 2.24) is 19.9 Å². The van der Waals surface area contributed by atoms with Crippen molar-refractivity contribution >= 4 is 56.0 Å². The molecule has 6 rings (SSSR count). The van der Waals surface area contributed by atoms with Crippen molar-refractivity contribution < 1.29 is 19.4 Å². The Hall–Kier alpha value is -4.02. The van der Waals surface area contributed by atoms with Crippen molar-refractivity contribution in [3.05, 3.63) is 64.6 Å². The number of halogens is 1. The van der Waals surface area contributed by atoms with Crippen molar-refractivity contribution in [3.8, 4) is 22.2 Å². The summed E-state index contributed by atoms with van der Waals surface area (Å²) in [6.45, 7) is 4.10. The zero-order valence-corrected chi connectivity index (χ0v) is 23.0. The van der Waals surface area contributed by atoms with Gasteiger partial charge < -0.3 is 14.6 Å². The first-order chi connectivity index (χ1) is 18.8. The number of methoxy groups -OCH3 is 1. The number of carboxylic acid groups (broad SMARTS) is 1. The predicted octanol–water partition coefficient (Wildman–Crippen LogP) is 6.32. The zero-order chi connectivity index (χ0) is 27.3. The molecule has 198 valence electrons. The van der Waals surface area contributed by atoms with Crippen LogP contribution in [0, 0.1) is 6.92 Å². The number of rotatable bonds is 6. The second-order valence-electron chi connectivity index (χ2n) is 9.30. The largest absolute Gasteiger partial charge is 0.488 e. The summed E-state index contributed by atoms with van der Waals surface area (Å²) in [5.41, 5.74) is 6.43. The standard InChI is InChI=1S/C28H24ClN5O4S/c1-4-15-7-19(24-21(8-15)32-23(37-3)12-31-24)27-33-25-20(29)10-22-18(26(25)39-27)9-17(38-22)13-34(28(35)36)16-6-5-14(2)30-11-16/h5-8,10-12,17H,4,9,13H2,1-3H3,(H,35,36)/t17-/m0/s1. The first-order valence-electron chi connectivity index (χ1n) is 12.4. The fourth-order valence-electron chi connectivity index (χ4n) is 4.78. The molecule has 0 aliphatic carbocycles. The molecule has 0 bridgehead atoms. The summed E-state index contributed by atoms with van der Waals surface area (Å²) in [5.74, 6) is 1.10. The first kappa shape index (κ1) is 25.3. The molecule has 2 aromatic carbocycles. The molecule has 3 aromatic heterocycles. The number of nitrogens with zero attached hydrogens (tertiary/aromatic N) is 5. The quantitative estimate of drug-likeness (QED) is 0.256. The van der Waals surface area contributed by atoms with Crippen LogP contribution in [-0.4, -0.2) is 50.9 Å². The molecule has 0 fully saturated rings. The lowest BCUT2D eigenvalue weighted by Gasteiger charge is -2.22. The van der Waals surface area contributed by atoms with Crippen LogP contribution in [0.25, 0.3) is 31.8 Å². The number of aryl methyl sites for hydroxylation is 2. The number of carbonyl (C=O) groups is 1. The SMILES string of the molecule is CCc1cc(-c2nc3c(Cl)cc4c(c3s2)C[C@@H](CN(C(=O)O)c2ccc(C)nc2)O4)c2ncc(OC)nc2c1. The minimum absolute atomic E-state index is 0.153. The lowest BCUT2D eigenvalue weighted by Crippen LogP contribution is -2.38. The summed E-state index contributed by atoms with van der Waals surface area (Å²) in [7, 11) is 1.57. The van der Waals surface area contributed by atoms with Gasteiger partial charge >= 0.3 is 6.09 Å². The average molecular weight is 562 g/mol. The zero-order valence-electron chi connectivity index (χ0n) is 21.4. The number of hydrogen-bond donors (Lipinski definition) is 1. The number of hydrogen-bond acceptors (Lipinski definition) is 8. The van der Waals surface area contributed by atoms with Gasteiger partial charge in [0.05, 0.1) is 52.5 Å². The molecule has 1 aliphatic heterocycles. The predicted molar refractivity (Wildman–Crippen MR) is 152 cm³/mol. The average Bonchev–Trinajstić information content (AvgIpc) is 3.56. The summed E-state index contributed by atoms with van der Waals surface area (Å²) in [5, 5.41) is 11.1. The molecular weight excluding hydrogens is 538 g/mol. The van der Waals surface area contributed by atoms with E-state index in [-0.39, 0.29) is 12.6 Å². The number of pyridine rings is 1. The first-order valence-corrected chi connectivity index (χ1v) is 13.6. The highest BCUT2D eigenvalue weighted by atomic mass is 35.5. The molecule has 1 atom stereocenters. The molecule has 1 amide bonds. The van der Waals surface area contributed by atoms with Gasteiger partial charge in [-0.2, -0.15) is 0 Å². The molecule has 5 aromatic rings. The van der Waals surface area contributed by atoms with Crippen LogP contribution < -0.4 is 14.4 Å². The lowest BCUT2D eigenvalue weighted by atomic mass is 10.1. The monoisotopic (exact) mass is 561 g/mol. The Morgan fingerprint density at radius 2 is 2.05 bits per heavy atom. The minimum atomic E-state index is -1.07. The molecular formula is C28H24ClN5O4S. The smallest absolute Gasteiger partial charge is 0.411 e.